The maximum atomic E-state index is 12.1. The molecule has 8 heteroatoms. The van der Waals surface area contributed by atoms with E-state index in [1.807, 2.05) is 12.1 Å². The number of hydrogen-bond donors (Lipinski definition) is 2. The minimum absolute atomic E-state index is 0.158. The molecule has 0 aromatic heterocycles. The van der Waals surface area contributed by atoms with E-state index in [1.54, 1.807) is 6.07 Å². The molecular weight excluding hydrogens is 455 g/mol. The Hall–Kier alpha value is -1.76. The van der Waals surface area contributed by atoms with Gasteiger partial charge in [-0.1, -0.05) is 59.9 Å². The molecule has 0 spiro atoms. The minimum Gasteiger partial charge on any atom is -0.483 e. The van der Waals surface area contributed by atoms with Crippen LogP contribution >= 0.6 is 39.1 Å². The van der Waals surface area contributed by atoms with Gasteiger partial charge in [-0.3, -0.25) is 20.4 Å². The number of hydrogen-bond acceptors (Lipinski definition) is 3. The van der Waals surface area contributed by atoms with E-state index in [2.05, 4.69) is 47.6 Å². The minimum atomic E-state index is -0.552. The second-order valence-electron chi connectivity index (χ2n) is 6.81. The maximum Gasteiger partial charge on any atom is 0.276 e. The van der Waals surface area contributed by atoms with Crippen LogP contribution < -0.4 is 15.6 Å². The highest BCUT2D eigenvalue weighted by atomic mass is 79.9. The molecule has 2 N–H and O–H groups in total. The molecule has 5 nitrogen and oxygen atoms in total. The van der Waals surface area contributed by atoms with Gasteiger partial charge in [0.05, 0.1) is 10.6 Å². The number of amides is 2. The summed E-state index contributed by atoms with van der Waals surface area (Å²) < 4.78 is 6.56. The monoisotopic (exact) mass is 472 g/mol. The summed E-state index contributed by atoms with van der Waals surface area (Å²) >= 11 is 15.2. The van der Waals surface area contributed by atoms with E-state index < -0.39 is 11.8 Å². The average Bonchev–Trinajstić information content (AvgIpc) is 2.57. The van der Waals surface area contributed by atoms with Crippen molar-refractivity contribution in [1.29, 1.82) is 0 Å². The third-order valence-corrected chi connectivity index (χ3v) is 4.64. The number of carbonyl (C=O) groups is 2. The highest BCUT2D eigenvalue weighted by molar-refractivity contribution is 9.10. The van der Waals surface area contributed by atoms with Crippen molar-refractivity contribution < 1.29 is 14.3 Å². The molecule has 27 heavy (non-hydrogen) atoms. The molecule has 0 aliphatic rings. The molecule has 2 amide bonds. The zero-order valence-corrected chi connectivity index (χ0v) is 18.1. The molecule has 0 unspecified atom stereocenters. The molecule has 0 saturated heterocycles. The van der Waals surface area contributed by atoms with Gasteiger partial charge in [0, 0.05) is 15.1 Å². The number of rotatable bonds is 4. The van der Waals surface area contributed by atoms with Crippen molar-refractivity contribution >= 4 is 50.9 Å². The van der Waals surface area contributed by atoms with Crippen LogP contribution in [0.2, 0.25) is 10.0 Å². The largest absolute Gasteiger partial charge is 0.483 e. The Morgan fingerprint density at radius 3 is 2.41 bits per heavy atom. The van der Waals surface area contributed by atoms with Crippen LogP contribution in [0, 0.1) is 0 Å². The first kappa shape index (κ1) is 21.5. The molecule has 0 aliphatic carbocycles. The number of hydrazine groups is 1. The maximum absolute atomic E-state index is 12.1. The first-order valence-electron chi connectivity index (χ1n) is 8.05. The van der Waals surface area contributed by atoms with Gasteiger partial charge in [0.2, 0.25) is 0 Å². The van der Waals surface area contributed by atoms with Crippen LogP contribution in [-0.4, -0.2) is 18.4 Å². The summed E-state index contributed by atoms with van der Waals surface area (Å²) in [6.45, 7) is 5.91. The Morgan fingerprint density at radius 2 is 1.78 bits per heavy atom. The summed E-state index contributed by atoms with van der Waals surface area (Å²) in [5, 5.41) is 0.605. The molecule has 0 saturated carbocycles. The quantitative estimate of drug-likeness (QED) is 0.621. The van der Waals surface area contributed by atoms with Crippen molar-refractivity contribution in [2.45, 2.75) is 26.2 Å². The molecule has 144 valence electrons. The van der Waals surface area contributed by atoms with E-state index in [0.29, 0.717) is 10.8 Å². The highest BCUT2D eigenvalue weighted by Crippen LogP contribution is 2.33. The van der Waals surface area contributed by atoms with Gasteiger partial charge < -0.3 is 4.74 Å². The van der Waals surface area contributed by atoms with E-state index in [-0.39, 0.29) is 22.6 Å². The van der Waals surface area contributed by atoms with Gasteiger partial charge >= 0.3 is 0 Å². The van der Waals surface area contributed by atoms with Crippen LogP contribution in [0.4, 0.5) is 0 Å². The Labute approximate surface area is 176 Å². The number of halogens is 3. The Balaban J connectivity index is 1.94. The van der Waals surface area contributed by atoms with Crippen molar-refractivity contribution in [3.8, 4) is 5.75 Å². The molecule has 2 aromatic rings. The lowest BCUT2D eigenvalue weighted by Gasteiger charge is -2.23. The smallest absolute Gasteiger partial charge is 0.276 e. The van der Waals surface area contributed by atoms with Crippen LogP contribution in [0.5, 0.6) is 5.75 Å². The predicted molar refractivity (Wildman–Crippen MR) is 110 cm³/mol. The predicted octanol–water partition coefficient (Wildman–Crippen LogP) is 4.89. The lowest BCUT2D eigenvalue weighted by Crippen LogP contribution is -2.44. The third kappa shape index (κ3) is 6.13. The second kappa shape index (κ2) is 8.95. The zero-order chi connectivity index (χ0) is 20.2. The number of nitrogens with one attached hydrogen (secondary N) is 2. The van der Waals surface area contributed by atoms with Crippen molar-refractivity contribution in [3.05, 3.63) is 62.0 Å². The molecule has 0 fully saturated rings. The number of carbonyl (C=O) groups excluding carboxylic acids is 2. The van der Waals surface area contributed by atoms with Crippen molar-refractivity contribution in [3.63, 3.8) is 0 Å². The fourth-order valence-electron chi connectivity index (χ4n) is 2.26. The summed E-state index contributed by atoms with van der Waals surface area (Å²) in [5.41, 5.74) is 5.60. The molecule has 0 bridgehead atoms. The standard InChI is InChI=1S/C19H19BrCl2N2O3/c1-19(2,3)14-8-11(20)4-7-16(14)27-10-17(25)23-24-18(26)13-6-5-12(21)9-15(13)22/h4-9H,10H2,1-3H3,(H,23,25)(H,24,26). The van der Waals surface area contributed by atoms with Gasteiger partial charge in [-0.05, 0) is 41.8 Å². The molecule has 0 aliphatic heterocycles. The van der Waals surface area contributed by atoms with Crippen LogP contribution in [0.25, 0.3) is 0 Å². The Kier molecular flexibility index (Phi) is 7.14. The molecule has 2 aromatic carbocycles. The van der Waals surface area contributed by atoms with Crippen molar-refractivity contribution in [1.82, 2.24) is 10.9 Å². The summed E-state index contributed by atoms with van der Waals surface area (Å²) in [6.07, 6.45) is 0. The molecular formula is C19H19BrCl2N2O3. The first-order valence-corrected chi connectivity index (χ1v) is 9.60. The lowest BCUT2D eigenvalue weighted by molar-refractivity contribution is -0.123. The average molecular weight is 474 g/mol. The van der Waals surface area contributed by atoms with Gasteiger partial charge in [0.25, 0.3) is 11.8 Å². The van der Waals surface area contributed by atoms with E-state index >= 15 is 0 Å². The second-order valence-corrected chi connectivity index (χ2v) is 8.56. The van der Waals surface area contributed by atoms with Gasteiger partial charge in [-0.25, -0.2) is 0 Å². The van der Waals surface area contributed by atoms with Gasteiger partial charge in [-0.15, -0.1) is 0 Å². The zero-order valence-electron chi connectivity index (χ0n) is 15.0. The first-order chi connectivity index (χ1) is 12.6. The summed E-state index contributed by atoms with van der Waals surface area (Å²) in [5.74, 6) is -0.451. The van der Waals surface area contributed by atoms with Crippen molar-refractivity contribution in [2.24, 2.45) is 0 Å². The fraction of sp³-hybridized carbons (Fsp3) is 0.263. The van der Waals surface area contributed by atoms with Crippen LogP contribution in [0.15, 0.2) is 40.9 Å². The number of ether oxygens (including phenoxy) is 1. The number of benzene rings is 2. The van der Waals surface area contributed by atoms with Gasteiger partial charge in [-0.2, -0.15) is 0 Å². The van der Waals surface area contributed by atoms with Crippen LogP contribution in [-0.2, 0) is 10.2 Å². The molecule has 0 heterocycles. The van der Waals surface area contributed by atoms with Crippen molar-refractivity contribution in [2.75, 3.05) is 6.61 Å². The Bertz CT molecular complexity index is 867. The summed E-state index contributed by atoms with van der Waals surface area (Å²) in [6, 6.07) is 10.0. The topological polar surface area (TPSA) is 67.4 Å². The van der Waals surface area contributed by atoms with Crippen LogP contribution in [0.1, 0.15) is 36.7 Å². The summed E-state index contributed by atoms with van der Waals surface area (Å²) in [4.78, 5) is 24.1. The summed E-state index contributed by atoms with van der Waals surface area (Å²) in [7, 11) is 0. The third-order valence-electron chi connectivity index (χ3n) is 3.60. The van der Waals surface area contributed by atoms with E-state index in [0.717, 1.165) is 10.0 Å². The SMILES string of the molecule is CC(C)(C)c1cc(Br)ccc1OCC(=O)NNC(=O)c1ccc(Cl)cc1Cl. The van der Waals surface area contributed by atoms with Gasteiger partial charge in [0.15, 0.2) is 6.61 Å². The Morgan fingerprint density at radius 1 is 1.07 bits per heavy atom. The molecule has 0 radical (unpaired) electrons. The lowest BCUT2D eigenvalue weighted by atomic mass is 9.86. The van der Waals surface area contributed by atoms with E-state index in [9.17, 15) is 9.59 Å². The van der Waals surface area contributed by atoms with Gasteiger partial charge in [0.1, 0.15) is 5.75 Å². The molecule has 2 rings (SSSR count). The molecule has 0 atom stereocenters. The fourth-order valence-corrected chi connectivity index (χ4v) is 3.12. The van der Waals surface area contributed by atoms with E-state index in [4.69, 9.17) is 27.9 Å². The normalized spacial score (nSPS) is 11.0. The van der Waals surface area contributed by atoms with E-state index in [1.165, 1.54) is 18.2 Å². The van der Waals surface area contributed by atoms with Crippen LogP contribution in [0.3, 0.4) is 0 Å². The highest BCUT2D eigenvalue weighted by Gasteiger charge is 2.20.